The summed E-state index contributed by atoms with van der Waals surface area (Å²) in [6, 6.07) is 15.3. The predicted octanol–water partition coefficient (Wildman–Crippen LogP) is 6.22. The molecule has 0 aromatic heterocycles. The van der Waals surface area contributed by atoms with Crippen LogP contribution in [0.3, 0.4) is 0 Å². The SMILES string of the molecule is CC(C)C(=O)Nc1ccc(C(=O)N/N=C/c2cc(Cl)ccc2OC(=O)c2ccc(Cl)cc2Cl)cc1. The van der Waals surface area contributed by atoms with Gasteiger partial charge >= 0.3 is 5.97 Å². The minimum absolute atomic E-state index is 0.122. The van der Waals surface area contributed by atoms with Crippen molar-refractivity contribution in [1.29, 1.82) is 0 Å². The molecule has 0 bridgehead atoms. The van der Waals surface area contributed by atoms with Crippen LogP contribution in [0.4, 0.5) is 5.69 Å². The first kappa shape index (κ1) is 26.2. The number of ether oxygens (including phenoxy) is 1. The molecule has 35 heavy (non-hydrogen) atoms. The number of benzene rings is 3. The number of nitrogens with one attached hydrogen (secondary N) is 2. The Labute approximate surface area is 217 Å². The monoisotopic (exact) mass is 531 g/mol. The molecule has 3 aromatic carbocycles. The maximum absolute atomic E-state index is 12.6. The van der Waals surface area contributed by atoms with Crippen LogP contribution < -0.4 is 15.5 Å². The van der Waals surface area contributed by atoms with Crippen LogP contribution in [-0.4, -0.2) is 24.0 Å². The Kier molecular flexibility index (Phi) is 8.87. The summed E-state index contributed by atoms with van der Waals surface area (Å²) in [6.07, 6.45) is 1.30. The standard InChI is InChI=1S/C25H20Cl3N3O4/c1-14(2)23(32)30-19-7-3-15(4-8-19)24(33)31-29-13-16-11-17(26)6-10-22(16)35-25(34)20-9-5-18(27)12-21(20)28/h3-14H,1-2H3,(H,30,32)(H,31,33)/b29-13+. The molecule has 2 N–H and O–H groups in total. The Morgan fingerprint density at radius 1 is 0.914 bits per heavy atom. The first-order chi connectivity index (χ1) is 16.6. The molecule has 3 aromatic rings. The molecule has 2 amide bonds. The predicted molar refractivity (Wildman–Crippen MR) is 138 cm³/mol. The highest BCUT2D eigenvalue weighted by Gasteiger charge is 2.15. The molecule has 7 nitrogen and oxygen atoms in total. The molecule has 0 atom stereocenters. The molecule has 3 rings (SSSR count). The number of hydrogen-bond donors (Lipinski definition) is 2. The lowest BCUT2D eigenvalue weighted by atomic mass is 10.1. The van der Waals surface area contributed by atoms with Gasteiger partial charge in [-0.15, -0.1) is 0 Å². The van der Waals surface area contributed by atoms with Crippen LogP contribution in [0.15, 0.2) is 65.8 Å². The minimum atomic E-state index is -0.697. The number of hydrogen-bond acceptors (Lipinski definition) is 5. The van der Waals surface area contributed by atoms with Crippen molar-refractivity contribution < 1.29 is 19.1 Å². The van der Waals surface area contributed by atoms with E-state index in [0.717, 1.165) is 0 Å². The van der Waals surface area contributed by atoms with Gasteiger partial charge in [-0.2, -0.15) is 5.10 Å². The summed E-state index contributed by atoms with van der Waals surface area (Å²) in [6.45, 7) is 3.57. The third-order valence-corrected chi connectivity index (χ3v) is 5.42. The summed E-state index contributed by atoms with van der Waals surface area (Å²) in [4.78, 5) is 36.7. The maximum atomic E-state index is 12.6. The minimum Gasteiger partial charge on any atom is -0.422 e. The fourth-order valence-electron chi connectivity index (χ4n) is 2.74. The molecular weight excluding hydrogens is 513 g/mol. The molecule has 0 saturated carbocycles. The van der Waals surface area contributed by atoms with E-state index in [0.29, 0.717) is 26.9 Å². The number of anilines is 1. The zero-order valence-corrected chi connectivity index (χ0v) is 20.9. The molecule has 0 spiro atoms. The lowest BCUT2D eigenvalue weighted by molar-refractivity contribution is -0.118. The molecular formula is C25H20Cl3N3O4. The maximum Gasteiger partial charge on any atom is 0.345 e. The molecule has 10 heteroatoms. The first-order valence-corrected chi connectivity index (χ1v) is 11.5. The van der Waals surface area contributed by atoms with Crippen molar-refractivity contribution in [2.75, 3.05) is 5.32 Å². The van der Waals surface area contributed by atoms with Gasteiger partial charge in [0.2, 0.25) is 5.91 Å². The molecule has 0 saturated heterocycles. The number of esters is 1. The highest BCUT2D eigenvalue weighted by atomic mass is 35.5. The van der Waals surface area contributed by atoms with E-state index in [4.69, 9.17) is 39.5 Å². The van der Waals surface area contributed by atoms with E-state index in [1.165, 1.54) is 36.5 Å². The molecule has 0 radical (unpaired) electrons. The second-order valence-corrected chi connectivity index (χ2v) is 8.90. The molecule has 0 aliphatic carbocycles. The highest BCUT2D eigenvalue weighted by Crippen LogP contribution is 2.26. The number of rotatable bonds is 7. The largest absolute Gasteiger partial charge is 0.422 e. The van der Waals surface area contributed by atoms with Gasteiger partial charge in [-0.05, 0) is 60.7 Å². The van der Waals surface area contributed by atoms with E-state index in [2.05, 4.69) is 15.8 Å². The van der Waals surface area contributed by atoms with Crippen LogP contribution in [0.1, 0.15) is 40.1 Å². The summed E-state index contributed by atoms with van der Waals surface area (Å²) in [5.74, 6) is -1.29. The summed E-state index contributed by atoms with van der Waals surface area (Å²) >= 11 is 18.0. The van der Waals surface area contributed by atoms with Crippen LogP contribution in [0.2, 0.25) is 15.1 Å². The van der Waals surface area contributed by atoms with Crippen molar-refractivity contribution in [3.05, 3.63) is 92.4 Å². The van der Waals surface area contributed by atoms with Crippen molar-refractivity contribution in [2.24, 2.45) is 11.0 Å². The number of carbonyl (C=O) groups is 3. The van der Waals surface area contributed by atoms with E-state index in [1.807, 2.05) is 0 Å². The summed E-state index contributed by atoms with van der Waals surface area (Å²) < 4.78 is 5.45. The van der Waals surface area contributed by atoms with E-state index < -0.39 is 11.9 Å². The number of amides is 2. The lowest BCUT2D eigenvalue weighted by Crippen LogP contribution is -2.19. The average molecular weight is 533 g/mol. The quantitative estimate of drug-likeness (QED) is 0.163. The van der Waals surface area contributed by atoms with Gasteiger partial charge in [0, 0.05) is 32.8 Å². The van der Waals surface area contributed by atoms with Crippen molar-refractivity contribution in [1.82, 2.24) is 5.43 Å². The fraction of sp³-hybridized carbons (Fsp3) is 0.120. The smallest absolute Gasteiger partial charge is 0.345 e. The summed E-state index contributed by atoms with van der Waals surface area (Å²) in [5.41, 5.74) is 3.79. The van der Waals surface area contributed by atoms with Gasteiger partial charge in [-0.1, -0.05) is 48.7 Å². The molecule has 0 fully saturated rings. The molecule has 0 unspecified atom stereocenters. The van der Waals surface area contributed by atoms with Gasteiger partial charge in [-0.3, -0.25) is 9.59 Å². The normalized spacial score (nSPS) is 10.9. The lowest BCUT2D eigenvalue weighted by Gasteiger charge is -2.09. The van der Waals surface area contributed by atoms with Crippen LogP contribution in [0.25, 0.3) is 0 Å². The van der Waals surface area contributed by atoms with E-state index >= 15 is 0 Å². The number of halogens is 3. The third kappa shape index (κ3) is 7.29. The Balaban J connectivity index is 1.68. The van der Waals surface area contributed by atoms with Gasteiger partial charge in [0.1, 0.15) is 5.75 Å². The van der Waals surface area contributed by atoms with Crippen molar-refractivity contribution in [3.63, 3.8) is 0 Å². The zero-order valence-electron chi connectivity index (χ0n) is 18.6. The van der Waals surface area contributed by atoms with E-state index in [1.54, 1.807) is 44.2 Å². The van der Waals surface area contributed by atoms with Crippen molar-refractivity contribution >= 4 is 64.5 Å². The average Bonchev–Trinajstić information content (AvgIpc) is 2.81. The molecule has 0 aliphatic heterocycles. The van der Waals surface area contributed by atoms with Gasteiger partial charge in [0.25, 0.3) is 5.91 Å². The number of nitrogens with zero attached hydrogens (tertiary/aromatic N) is 1. The van der Waals surface area contributed by atoms with E-state index in [9.17, 15) is 14.4 Å². The van der Waals surface area contributed by atoms with Gasteiger partial charge < -0.3 is 10.1 Å². The molecule has 0 aliphatic rings. The Hall–Kier alpha value is -3.39. The summed E-state index contributed by atoms with van der Waals surface area (Å²) in [5, 5.41) is 7.59. The fourth-order valence-corrected chi connectivity index (χ4v) is 3.41. The topological polar surface area (TPSA) is 96.9 Å². The Morgan fingerprint density at radius 3 is 2.23 bits per heavy atom. The zero-order chi connectivity index (χ0) is 25.5. The van der Waals surface area contributed by atoms with Gasteiger partial charge in [0.15, 0.2) is 0 Å². The number of hydrazone groups is 1. The van der Waals surface area contributed by atoms with Gasteiger partial charge in [0.05, 0.1) is 16.8 Å². The molecule has 180 valence electrons. The van der Waals surface area contributed by atoms with Crippen LogP contribution >= 0.6 is 34.8 Å². The Bertz CT molecular complexity index is 1290. The van der Waals surface area contributed by atoms with E-state index in [-0.39, 0.29) is 28.2 Å². The van der Waals surface area contributed by atoms with Crippen LogP contribution in [0.5, 0.6) is 5.75 Å². The molecule has 0 heterocycles. The Morgan fingerprint density at radius 2 is 1.57 bits per heavy atom. The first-order valence-electron chi connectivity index (χ1n) is 10.3. The van der Waals surface area contributed by atoms with Crippen LogP contribution in [0, 0.1) is 5.92 Å². The number of carbonyl (C=O) groups excluding carboxylic acids is 3. The van der Waals surface area contributed by atoms with Gasteiger partial charge in [-0.25, -0.2) is 10.2 Å². The van der Waals surface area contributed by atoms with Crippen LogP contribution in [-0.2, 0) is 4.79 Å². The third-order valence-electron chi connectivity index (χ3n) is 4.63. The highest BCUT2D eigenvalue weighted by molar-refractivity contribution is 6.36. The second kappa shape index (κ2) is 11.8. The van der Waals surface area contributed by atoms with Crippen molar-refractivity contribution in [2.45, 2.75) is 13.8 Å². The summed E-state index contributed by atoms with van der Waals surface area (Å²) in [7, 11) is 0. The second-order valence-electron chi connectivity index (χ2n) is 7.62. The van der Waals surface area contributed by atoms with Crippen molar-refractivity contribution in [3.8, 4) is 5.75 Å².